The summed E-state index contributed by atoms with van der Waals surface area (Å²) < 4.78 is 6.17. The van der Waals surface area contributed by atoms with Crippen molar-refractivity contribution in [2.24, 2.45) is 0 Å². The number of methoxy groups -OCH3 is 1. The highest BCUT2D eigenvalue weighted by Crippen LogP contribution is 2.26. The molecule has 112 valence electrons. The van der Waals surface area contributed by atoms with Crippen LogP contribution < -0.4 is 10.6 Å². The number of rotatable bonds is 7. The second kappa shape index (κ2) is 8.27. The summed E-state index contributed by atoms with van der Waals surface area (Å²) in [6, 6.07) is 5.74. The van der Waals surface area contributed by atoms with Gasteiger partial charge in [0.15, 0.2) is 0 Å². The molecule has 1 aromatic rings. The average Bonchev–Trinajstić information content (AvgIpc) is 2.42. The van der Waals surface area contributed by atoms with Crippen LogP contribution >= 0.6 is 15.9 Å². The number of carbonyl (C=O) groups is 1. The normalized spacial score (nSPS) is 13.7. The van der Waals surface area contributed by atoms with Crippen molar-refractivity contribution in [2.75, 3.05) is 12.4 Å². The van der Waals surface area contributed by atoms with Crippen LogP contribution in [0.3, 0.4) is 0 Å². The molecule has 0 aliphatic rings. The lowest BCUT2D eigenvalue weighted by Gasteiger charge is -2.20. The van der Waals surface area contributed by atoms with E-state index in [-0.39, 0.29) is 18.0 Å². The minimum absolute atomic E-state index is 0.00249. The molecule has 5 heteroatoms. The van der Waals surface area contributed by atoms with Crippen molar-refractivity contribution in [1.82, 2.24) is 5.32 Å². The van der Waals surface area contributed by atoms with E-state index >= 15 is 0 Å². The smallest absolute Gasteiger partial charge is 0.242 e. The van der Waals surface area contributed by atoms with Crippen LogP contribution in [0.1, 0.15) is 32.8 Å². The summed E-state index contributed by atoms with van der Waals surface area (Å²) >= 11 is 3.51. The number of ether oxygens (including phenoxy) is 1. The maximum absolute atomic E-state index is 12.1. The number of nitrogens with one attached hydrogen (secondary N) is 2. The highest BCUT2D eigenvalue weighted by Gasteiger charge is 2.16. The first-order valence-corrected chi connectivity index (χ1v) is 7.62. The lowest BCUT2D eigenvalue weighted by atomic mass is 10.1. The molecular weight excluding hydrogens is 320 g/mol. The summed E-state index contributed by atoms with van der Waals surface area (Å²) in [5.74, 6) is 0.00249. The van der Waals surface area contributed by atoms with Gasteiger partial charge in [0.05, 0.1) is 6.61 Å². The van der Waals surface area contributed by atoms with Gasteiger partial charge in [-0.2, -0.15) is 0 Å². The quantitative estimate of drug-likeness (QED) is 0.799. The maximum Gasteiger partial charge on any atom is 0.242 e. The fourth-order valence-corrected chi connectivity index (χ4v) is 2.23. The molecule has 0 saturated heterocycles. The molecule has 0 fully saturated rings. The van der Waals surface area contributed by atoms with Crippen LogP contribution in [0.4, 0.5) is 5.69 Å². The number of anilines is 1. The lowest BCUT2D eigenvalue weighted by molar-refractivity contribution is -0.122. The molecule has 1 rings (SSSR count). The van der Waals surface area contributed by atoms with Gasteiger partial charge in [0.1, 0.15) is 6.04 Å². The van der Waals surface area contributed by atoms with E-state index in [0.29, 0.717) is 6.61 Å². The van der Waals surface area contributed by atoms with Crippen molar-refractivity contribution in [3.63, 3.8) is 0 Å². The Balaban J connectivity index is 2.77. The zero-order chi connectivity index (χ0) is 15.1. The van der Waals surface area contributed by atoms with Gasteiger partial charge in [-0.15, -0.1) is 0 Å². The van der Waals surface area contributed by atoms with Crippen LogP contribution in [0, 0.1) is 0 Å². The van der Waals surface area contributed by atoms with Gasteiger partial charge in [-0.05, 0) is 32.4 Å². The average molecular weight is 343 g/mol. The zero-order valence-electron chi connectivity index (χ0n) is 12.5. The predicted molar refractivity (Wildman–Crippen MR) is 85.8 cm³/mol. The minimum atomic E-state index is -0.297. The van der Waals surface area contributed by atoms with Gasteiger partial charge in [-0.25, -0.2) is 0 Å². The number of hydrogen-bond acceptors (Lipinski definition) is 3. The zero-order valence-corrected chi connectivity index (χ0v) is 14.1. The largest absolute Gasteiger partial charge is 0.380 e. The Morgan fingerprint density at radius 3 is 2.70 bits per heavy atom. The molecule has 0 aliphatic heterocycles. The van der Waals surface area contributed by atoms with E-state index in [1.165, 1.54) is 0 Å². The van der Waals surface area contributed by atoms with E-state index in [0.717, 1.165) is 22.1 Å². The van der Waals surface area contributed by atoms with Crippen molar-refractivity contribution >= 4 is 27.5 Å². The first-order valence-electron chi connectivity index (χ1n) is 6.82. The van der Waals surface area contributed by atoms with E-state index in [4.69, 9.17) is 4.74 Å². The van der Waals surface area contributed by atoms with Gasteiger partial charge >= 0.3 is 0 Å². The molecular formula is C15H23BrN2O2. The number of hydrogen-bond donors (Lipinski definition) is 2. The fourth-order valence-electron chi connectivity index (χ4n) is 1.75. The van der Waals surface area contributed by atoms with Gasteiger partial charge in [-0.3, -0.25) is 4.79 Å². The monoisotopic (exact) mass is 342 g/mol. The van der Waals surface area contributed by atoms with Gasteiger partial charge in [0.25, 0.3) is 0 Å². The van der Waals surface area contributed by atoms with Gasteiger partial charge in [0.2, 0.25) is 5.91 Å². The lowest BCUT2D eigenvalue weighted by Crippen LogP contribution is -2.42. The predicted octanol–water partition coefficient (Wildman–Crippen LogP) is 3.31. The van der Waals surface area contributed by atoms with Crippen molar-refractivity contribution < 1.29 is 9.53 Å². The number of halogens is 1. The summed E-state index contributed by atoms with van der Waals surface area (Å²) in [6.45, 7) is 6.40. The van der Waals surface area contributed by atoms with Crippen LogP contribution in [-0.2, 0) is 16.1 Å². The summed E-state index contributed by atoms with van der Waals surface area (Å²) in [5, 5.41) is 6.21. The molecule has 0 bridgehead atoms. The molecule has 2 N–H and O–H groups in total. The van der Waals surface area contributed by atoms with Gasteiger partial charge < -0.3 is 15.4 Å². The summed E-state index contributed by atoms with van der Waals surface area (Å²) in [6.07, 6.45) is 0.921. The Morgan fingerprint density at radius 1 is 1.40 bits per heavy atom. The maximum atomic E-state index is 12.1. The highest BCUT2D eigenvalue weighted by molar-refractivity contribution is 9.10. The number of benzene rings is 1. The van der Waals surface area contributed by atoms with E-state index in [1.54, 1.807) is 7.11 Å². The Bertz CT molecular complexity index is 451. The van der Waals surface area contributed by atoms with Crippen LogP contribution in [-0.4, -0.2) is 25.1 Å². The first kappa shape index (κ1) is 17.0. The van der Waals surface area contributed by atoms with E-state index in [2.05, 4.69) is 26.6 Å². The second-order valence-electron chi connectivity index (χ2n) is 4.88. The van der Waals surface area contributed by atoms with Crippen molar-refractivity contribution in [1.29, 1.82) is 0 Å². The van der Waals surface area contributed by atoms with Crippen LogP contribution in [0.15, 0.2) is 22.7 Å². The molecule has 0 aromatic heterocycles. The third-order valence-corrected chi connectivity index (χ3v) is 3.92. The van der Waals surface area contributed by atoms with E-state index in [1.807, 2.05) is 39.0 Å². The molecule has 2 unspecified atom stereocenters. The van der Waals surface area contributed by atoms with Crippen LogP contribution in [0.2, 0.25) is 0 Å². The molecule has 1 aromatic carbocycles. The standard InChI is InChI=1S/C15H23BrN2O2/c1-5-10(2)17-15(19)11(3)18-14-8-6-7-13(16)12(14)9-20-4/h6-8,10-11,18H,5,9H2,1-4H3,(H,17,19). The molecule has 1 amide bonds. The van der Waals surface area contributed by atoms with Crippen molar-refractivity contribution in [3.8, 4) is 0 Å². The Labute approximate surface area is 129 Å². The number of carbonyl (C=O) groups excluding carboxylic acids is 1. The summed E-state index contributed by atoms with van der Waals surface area (Å²) in [4.78, 5) is 12.1. The van der Waals surface area contributed by atoms with Crippen molar-refractivity contribution in [2.45, 2.75) is 45.9 Å². The molecule has 0 saturated carbocycles. The molecule has 20 heavy (non-hydrogen) atoms. The summed E-state index contributed by atoms with van der Waals surface area (Å²) in [5.41, 5.74) is 1.92. The Morgan fingerprint density at radius 2 is 2.10 bits per heavy atom. The van der Waals surface area contributed by atoms with E-state index in [9.17, 15) is 4.79 Å². The second-order valence-corrected chi connectivity index (χ2v) is 5.74. The Hall–Kier alpha value is -1.07. The van der Waals surface area contributed by atoms with Crippen LogP contribution in [0.25, 0.3) is 0 Å². The molecule has 0 heterocycles. The fraction of sp³-hybridized carbons (Fsp3) is 0.533. The molecule has 4 nitrogen and oxygen atoms in total. The van der Waals surface area contributed by atoms with E-state index < -0.39 is 0 Å². The summed E-state index contributed by atoms with van der Waals surface area (Å²) in [7, 11) is 1.66. The number of amides is 1. The third-order valence-electron chi connectivity index (χ3n) is 3.17. The molecule has 0 spiro atoms. The molecule has 0 aliphatic carbocycles. The third kappa shape index (κ3) is 4.80. The molecule has 2 atom stereocenters. The first-order chi connectivity index (χ1) is 9.49. The topological polar surface area (TPSA) is 50.4 Å². The van der Waals surface area contributed by atoms with Crippen molar-refractivity contribution in [3.05, 3.63) is 28.2 Å². The van der Waals surface area contributed by atoms with Gasteiger partial charge in [0, 0.05) is 28.9 Å². The van der Waals surface area contributed by atoms with Gasteiger partial charge in [-0.1, -0.05) is 28.9 Å². The Kier molecular flexibility index (Phi) is 7.02. The van der Waals surface area contributed by atoms with Crippen LogP contribution in [0.5, 0.6) is 0 Å². The SMILES string of the molecule is CCC(C)NC(=O)C(C)Nc1cccc(Br)c1COC. The highest BCUT2D eigenvalue weighted by atomic mass is 79.9. The molecule has 0 radical (unpaired) electrons. The minimum Gasteiger partial charge on any atom is -0.380 e.